The van der Waals surface area contributed by atoms with Gasteiger partial charge in [0.25, 0.3) is 0 Å². The molecule has 8 heteroatoms. The summed E-state index contributed by atoms with van der Waals surface area (Å²) in [4.78, 5) is 12.1. The van der Waals surface area contributed by atoms with Crippen molar-refractivity contribution in [1.29, 1.82) is 0 Å². The minimum Gasteiger partial charge on any atom is -0.497 e. The summed E-state index contributed by atoms with van der Waals surface area (Å²) in [5.41, 5.74) is 3.26. The van der Waals surface area contributed by atoms with E-state index >= 15 is 0 Å². The number of aryl methyl sites for hydroxylation is 1. The molecule has 0 saturated heterocycles. The molecule has 0 radical (unpaired) electrons. The Labute approximate surface area is 172 Å². The largest absolute Gasteiger partial charge is 0.497 e. The van der Waals surface area contributed by atoms with Crippen LogP contribution in [0.2, 0.25) is 0 Å². The standard InChI is InChI=1S/C20H22N4O2S2/c1-3-14-7-9-16(10-8-14)22-19-23-24-20(28-19)27-13-18(25)21-12-15-5-4-6-17(11-15)26-2/h4-11H,3,12-13H2,1-2H3,(H,21,25)(H,22,23). The van der Waals surface area contributed by atoms with Crippen molar-refractivity contribution in [3.05, 3.63) is 59.7 Å². The number of hydrogen-bond donors (Lipinski definition) is 2. The minimum absolute atomic E-state index is 0.0484. The summed E-state index contributed by atoms with van der Waals surface area (Å²) in [7, 11) is 1.62. The van der Waals surface area contributed by atoms with Gasteiger partial charge in [-0.05, 0) is 41.8 Å². The fourth-order valence-electron chi connectivity index (χ4n) is 2.43. The van der Waals surface area contributed by atoms with Gasteiger partial charge >= 0.3 is 0 Å². The molecule has 1 aromatic heterocycles. The van der Waals surface area contributed by atoms with Crippen molar-refractivity contribution in [1.82, 2.24) is 15.5 Å². The van der Waals surface area contributed by atoms with E-state index in [1.54, 1.807) is 7.11 Å². The number of benzene rings is 2. The minimum atomic E-state index is -0.0484. The van der Waals surface area contributed by atoms with Crippen molar-refractivity contribution in [2.75, 3.05) is 18.2 Å². The predicted octanol–water partition coefficient (Wildman–Crippen LogP) is 4.26. The highest BCUT2D eigenvalue weighted by atomic mass is 32.2. The number of ether oxygens (including phenoxy) is 1. The highest BCUT2D eigenvalue weighted by molar-refractivity contribution is 8.01. The third-order valence-electron chi connectivity index (χ3n) is 3.97. The van der Waals surface area contributed by atoms with Crippen LogP contribution in [-0.2, 0) is 17.8 Å². The Hall–Kier alpha value is -2.58. The summed E-state index contributed by atoms with van der Waals surface area (Å²) in [6.45, 7) is 2.59. The lowest BCUT2D eigenvalue weighted by Gasteiger charge is -2.06. The first kappa shape index (κ1) is 20.2. The number of anilines is 2. The van der Waals surface area contributed by atoms with Crippen LogP contribution in [0.3, 0.4) is 0 Å². The van der Waals surface area contributed by atoms with E-state index in [4.69, 9.17) is 4.74 Å². The highest BCUT2D eigenvalue weighted by Crippen LogP contribution is 2.27. The van der Waals surface area contributed by atoms with Crippen molar-refractivity contribution < 1.29 is 9.53 Å². The maximum absolute atomic E-state index is 12.1. The van der Waals surface area contributed by atoms with Crippen molar-refractivity contribution in [3.8, 4) is 5.75 Å². The maximum Gasteiger partial charge on any atom is 0.230 e. The Bertz CT molecular complexity index is 913. The van der Waals surface area contributed by atoms with Gasteiger partial charge in [0.05, 0.1) is 12.9 Å². The molecule has 0 aliphatic rings. The average molecular weight is 415 g/mol. The van der Waals surface area contributed by atoms with E-state index in [1.165, 1.54) is 28.7 Å². The van der Waals surface area contributed by atoms with E-state index in [2.05, 4.69) is 39.9 Å². The SMILES string of the molecule is CCc1ccc(Nc2nnc(SCC(=O)NCc3cccc(OC)c3)s2)cc1. The van der Waals surface area contributed by atoms with Crippen LogP contribution < -0.4 is 15.4 Å². The van der Waals surface area contributed by atoms with Gasteiger partial charge < -0.3 is 15.4 Å². The number of aromatic nitrogens is 2. The molecule has 146 valence electrons. The monoisotopic (exact) mass is 414 g/mol. The summed E-state index contributed by atoms with van der Waals surface area (Å²) in [6.07, 6.45) is 1.01. The average Bonchev–Trinajstić information content (AvgIpc) is 3.18. The molecule has 2 N–H and O–H groups in total. The van der Waals surface area contributed by atoms with Crippen molar-refractivity contribution in [2.45, 2.75) is 24.2 Å². The van der Waals surface area contributed by atoms with Crippen LogP contribution in [0.25, 0.3) is 0 Å². The second-order valence-electron chi connectivity index (χ2n) is 5.97. The molecular formula is C20H22N4O2S2. The van der Waals surface area contributed by atoms with E-state index < -0.39 is 0 Å². The van der Waals surface area contributed by atoms with Gasteiger partial charge in [0.1, 0.15) is 5.75 Å². The Morgan fingerprint density at radius 2 is 1.96 bits per heavy atom. The van der Waals surface area contributed by atoms with Gasteiger partial charge in [-0.25, -0.2) is 0 Å². The van der Waals surface area contributed by atoms with Gasteiger partial charge in [-0.2, -0.15) is 0 Å². The summed E-state index contributed by atoms with van der Waals surface area (Å²) in [6, 6.07) is 15.9. The summed E-state index contributed by atoms with van der Waals surface area (Å²) in [5, 5.41) is 15.1. The molecule has 0 aliphatic carbocycles. The topological polar surface area (TPSA) is 76.1 Å². The summed E-state index contributed by atoms with van der Waals surface area (Å²) in [5.74, 6) is 1.02. The first-order chi connectivity index (χ1) is 13.7. The number of nitrogens with one attached hydrogen (secondary N) is 2. The molecule has 3 rings (SSSR count). The number of rotatable bonds is 9. The van der Waals surface area contributed by atoms with Crippen LogP contribution in [-0.4, -0.2) is 29.0 Å². The molecule has 0 aliphatic heterocycles. The number of thioether (sulfide) groups is 1. The van der Waals surface area contributed by atoms with Crippen LogP contribution >= 0.6 is 23.1 Å². The van der Waals surface area contributed by atoms with Gasteiger partial charge in [-0.1, -0.05) is 54.3 Å². The number of hydrogen-bond acceptors (Lipinski definition) is 7. The number of nitrogens with zero attached hydrogens (tertiary/aromatic N) is 2. The van der Waals surface area contributed by atoms with Gasteiger partial charge in [-0.15, -0.1) is 10.2 Å². The zero-order valence-corrected chi connectivity index (χ0v) is 17.4. The fraction of sp³-hybridized carbons (Fsp3) is 0.250. The molecule has 28 heavy (non-hydrogen) atoms. The van der Waals surface area contributed by atoms with Crippen molar-refractivity contribution >= 4 is 39.8 Å². The molecule has 0 bridgehead atoms. The normalized spacial score (nSPS) is 10.5. The molecule has 0 spiro atoms. The number of carbonyl (C=O) groups is 1. The van der Waals surface area contributed by atoms with E-state index in [0.29, 0.717) is 17.4 Å². The summed E-state index contributed by atoms with van der Waals surface area (Å²) >= 11 is 2.81. The van der Waals surface area contributed by atoms with E-state index in [1.807, 2.05) is 36.4 Å². The molecule has 2 aromatic carbocycles. The van der Waals surface area contributed by atoms with Crippen LogP contribution in [0.15, 0.2) is 52.9 Å². The number of carbonyl (C=O) groups excluding carboxylic acids is 1. The molecule has 6 nitrogen and oxygen atoms in total. The lowest BCUT2D eigenvalue weighted by Crippen LogP contribution is -2.24. The van der Waals surface area contributed by atoms with Crippen LogP contribution in [0.1, 0.15) is 18.1 Å². The van der Waals surface area contributed by atoms with Crippen LogP contribution in [0, 0.1) is 0 Å². The van der Waals surface area contributed by atoms with E-state index in [9.17, 15) is 4.79 Å². The van der Waals surface area contributed by atoms with Gasteiger partial charge in [0.15, 0.2) is 4.34 Å². The zero-order valence-electron chi connectivity index (χ0n) is 15.8. The summed E-state index contributed by atoms with van der Waals surface area (Å²) < 4.78 is 5.94. The van der Waals surface area contributed by atoms with E-state index in [-0.39, 0.29) is 5.91 Å². The zero-order chi connectivity index (χ0) is 19.8. The Balaban J connectivity index is 1.44. The second kappa shape index (κ2) is 10.1. The number of methoxy groups -OCH3 is 1. The first-order valence-electron chi connectivity index (χ1n) is 8.88. The lowest BCUT2D eigenvalue weighted by molar-refractivity contribution is -0.118. The second-order valence-corrected chi connectivity index (χ2v) is 8.17. The molecule has 0 saturated carbocycles. The quantitative estimate of drug-likeness (QED) is 0.510. The maximum atomic E-state index is 12.1. The lowest BCUT2D eigenvalue weighted by atomic mass is 10.1. The molecule has 1 amide bonds. The van der Waals surface area contributed by atoms with Gasteiger partial charge in [0.2, 0.25) is 11.0 Å². The van der Waals surface area contributed by atoms with Gasteiger partial charge in [-0.3, -0.25) is 4.79 Å². The third-order valence-corrected chi connectivity index (χ3v) is 5.94. The predicted molar refractivity (Wildman–Crippen MR) is 115 cm³/mol. The number of amides is 1. The smallest absolute Gasteiger partial charge is 0.230 e. The molecule has 0 unspecified atom stereocenters. The Morgan fingerprint density at radius 3 is 2.71 bits per heavy atom. The first-order valence-corrected chi connectivity index (χ1v) is 10.7. The van der Waals surface area contributed by atoms with Crippen molar-refractivity contribution in [2.24, 2.45) is 0 Å². The van der Waals surface area contributed by atoms with E-state index in [0.717, 1.165) is 27.8 Å². The Morgan fingerprint density at radius 1 is 1.14 bits per heavy atom. The molecule has 0 atom stereocenters. The third kappa shape index (κ3) is 5.97. The van der Waals surface area contributed by atoms with Crippen LogP contribution in [0.4, 0.5) is 10.8 Å². The van der Waals surface area contributed by atoms with Crippen molar-refractivity contribution in [3.63, 3.8) is 0 Å². The molecule has 0 fully saturated rings. The highest BCUT2D eigenvalue weighted by Gasteiger charge is 2.09. The molecular weight excluding hydrogens is 392 g/mol. The Kier molecular flexibility index (Phi) is 7.27. The van der Waals surface area contributed by atoms with Gasteiger partial charge in [0, 0.05) is 12.2 Å². The molecule has 1 heterocycles. The van der Waals surface area contributed by atoms with Crippen LogP contribution in [0.5, 0.6) is 5.75 Å². The fourth-order valence-corrected chi connectivity index (χ4v) is 4.03. The molecule has 3 aromatic rings.